The van der Waals surface area contributed by atoms with E-state index in [1.54, 1.807) is 14.0 Å². The number of hydrogen-bond donors (Lipinski definition) is 2. The molecule has 4 rings (SSSR count). The van der Waals surface area contributed by atoms with Crippen LogP contribution in [-0.2, 0) is 10.2 Å². The maximum Gasteiger partial charge on any atom is 0.310 e. The van der Waals surface area contributed by atoms with Crippen LogP contribution in [0.15, 0.2) is 36.4 Å². The Morgan fingerprint density at radius 3 is 2.47 bits per heavy atom. The molecule has 4 heteroatoms. The average molecular weight is 432 g/mol. The number of aliphatic carboxylic acids is 1. The lowest BCUT2D eigenvalue weighted by atomic mass is 9.70. The highest BCUT2D eigenvalue weighted by molar-refractivity contribution is 5.75. The average Bonchev–Trinajstić information content (AvgIpc) is 3.61. The molecule has 2 unspecified atom stereocenters. The van der Waals surface area contributed by atoms with E-state index in [0.717, 1.165) is 47.7 Å². The Kier molecular flexibility index (Phi) is 6.31. The van der Waals surface area contributed by atoms with Crippen molar-refractivity contribution in [3.63, 3.8) is 0 Å². The number of rotatable bonds is 6. The summed E-state index contributed by atoms with van der Waals surface area (Å²) in [4.78, 5) is 11.2. The van der Waals surface area contributed by atoms with Gasteiger partial charge in [0.15, 0.2) is 0 Å². The van der Waals surface area contributed by atoms with E-state index < -0.39 is 11.9 Å². The van der Waals surface area contributed by atoms with Crippen LogP contribution in [0.3, 0.4) is 0 Å². The standard InChI is InChI=1S/C28H33NO3/c1-18(27(30)31)22-11-9-19(10-12-22)5-8-21-15-23-26(25(16-21)32-4)24(13-14-28(23,2)3)29-17-20-6-7-20/h9-12,15-16,18,20,24,29H,6-7,13-14,17H2,1-4H3,(H,30,31). The van der Waals surface area contributed by atoms with Crippen molar-refractivity contribution in [3.05, 3.63) is 64.2 Å². The number of carboxylic acid groups (broad SMARTS) is 1. The third-order valence-corrected chi connectivity index (χ3v) is 6.98. The van der Waals surface area contributed by atoms with Gasteiger partial charge in [0.2, 0.25) is 0 Å². The predicted molar refractivity (Wildman–Crippen MR) is 127 cm³/mol. The summed E-state index contributed by atoms with van der Waals surface area (Å²) in [6, 6.07) is 12.1. The van der Waals surface area contributed by atoms with Gasteiger partial charge in [-0.15, -0.1) is 0 Å². The highest BCUT2D eigenvalue weighted by atomic mass is 16.5. The molecule has 4 nitrogen and oxygen atoms in total. The smallest absolute Gasteiger partial charge is 0.310 e. The second-order valence-electron chi connectivity index (χ2n) is 9.90. The molecular weight excluding hydrogens is 398 g/mol. The summed E-state index contributed by atoms with van der Waals surface area (Å²) in [5, 5.41) is 13.0. The third-order valence-electron chi connectivity index (χ3n) is 6.98. The van der Waals surface area contributed by atoms with E-state index in [0.29, 0.717) is 6.04 Å². The van der Waals surface area contributed by atoms with Crippen LogP contribution in [0.2, 0.25) is 0 Å². The second kappa shape index (κ2) is 9.00. The molecule has 32 heavy (non-hydrogen) atoms. The van der Waals surface area contributed by atoms with Gasteiger partial charge in [0.05, 0.1) is 13.0 Å². The number of nitrogens with one attached hydrogen (secondary N) is 1. The first-order chi connectivity index (χ1) is 15.3. The van der Waals surface area contributed by atoms with Crippen LogP contribution >= 0.6 is 0 Å². The van der Waals surface area contributed by atoms with Crippen molar-refractivity contribution in [1.82, 2.24) is 5.32 Å². The lowest BCUT2D eigenvalue weighted by Gasteiger charge is -2.38. The number of carbonyl (C=O) groups is 1. The fourth-order valence-corrected chi connectivity index (χ4v) is 4.55. The molecule has 0 spiro atoms. The zero-order valence-electron chi connectivity index (χ0n) is 19.5. The van der Waals surface area contributed by atoms with Gasteiger partial charge in [0, 0.05) is 22.7 Å². The van der Waals surface area contributed by atoms with Crippen LogP contribution in [0.1, 0.15) is 86.2 Å². The van der Waals surface area contributed by atoms with Gasteiger partial charge in [-0.05, 0) is 85.9 Å². The fraction of sp³-hybridized carbons (Fsp3) is 0.464. The molecule has 0 heterocycles. The number of hydrogen-bond acceptors (Lipinski definition) is 3. The largest absolute Gasteiger partial charge is 0.496 e. The summed E-state index contributed by atoms with van der Waals surface area (Å²) < 4.78 is 5.85. The molecular formula is C28H33NO3. The predicted octanol–water partition coefficient (Wildman–Crippen LogP) is 5.40. The lowest BCUT2D eigenvalue weighted by molar-refractivity contribution is -0.138. The van der Waals surface area contributed by atoms with Crippen LogP contribution in [0.5, 0.6) is 5.75 Å². The van der Waals surface area contributed by atoms with E-state index in [1.165, 1.54) is 24.0 Å². The van der Waals surface area contributed by atoms with Crippen LogP contribution in [-0.4, -0.2) is 24.7 Å². The first-order valence-corrected chi connectivity index (χ1v) is 11.6. The summed E-state index contributed by atoms with van der Waals surface area (Å²) in [6.07, 6.45) is 4.95. The lowest BCUT2D eigenvalue weighted by Crippen LogP contribution is -2.34. The van der Waals surface area contributed by atoms with Gasteiger partial charge in [0.25, 0.3) is 0 Å². The minimum absolute atomic E-state index is 0.0761. The molecule has 2 aromatic rings. The summed E-state index contributed by atoms with van der Waals surface area (Å²) in [7, 11) is 1.74. The molecule has 0 radical (unpaired) electrons. The number of carboxylic acids is 1. The Bertz CT molecular complexity index is 1050. The zero-order chi connectivity index (χ0) is 22.9. The van der Waals surface area contributed by atoms with Crippen molar-refractivity contribution in [1.29, 1.82) is 0 Å². The Hall–Kier alpha value is -2.77. The third kappa shape index (κ3) is 4.84. The molecule has 0 amide bonds. The Labute approximate surface area is 191 Å². The molecule has 168 valence electrons. The van der Waals surface area contributed by atoms with Crippen molar-refractivity contribution in [2.24, 2.45) is 5.92 Å². The molecule has 2 aromatic carbocycles. The van der Waals surface area contributed by atoms with E-state index in [-0.39, 0.29) is 5.41 Å². The first kappa shape index (κ1) is 22.4. The molecule has 0 saturated heterocycles. The van der Waals surface area contributed by atoms with Gasteiger partial charge in [-0.3, -0.25) is 4.79 Å². The Morgan fingerprint density at radius 1 is 1.16 bits per heavy atom. The molecule has 1 fully saturated rings. The second-order valence-corrected chi connectivity index (χ2v) is 9.90. The van der Waals surface area contributed by atoms with E-state index in [1.807, 2.05) is 24.3 Å². The topological polar surface area (TPSA) is 58.6 Å². The van der Waals surface area contributed by atoms with E-state index in [4.69, 9.17) is 4.74 Å². The normalized spacial score (nSPS) is 19.9. The van der Waals surface area contributed by atoms with Crippen molar-refractivity contribution in [2.45, 2.75) is 63.8 Å². The monoisotopic (exact) mass is 431 g/mol. The number of benzene rings is 2. The Morgan fingerprint density at radius 2 is 1.84 bits per heavy atom. The van der Waals surface area contributed by atoms with Crippen LogP contribution in [0.4, 0.5) is 0 Å². The minimum atomic E-state index is -0.822. The van der Waals surface area contributed by atoms with Gasteiger partial charge in [-0.1, -0.05) is 37.8 Å². The van der Waals surface area contributed by atoms with Crippen molar-refractivity contribution in [2.75, 3.05) is 13.7 Å². The SMILES string of the molecule is COc1cc(C#Cc2ccc(C(C)C(=O)O)cc2)cc2c1C(NCC1CC1)CCC2(C)C. The summed E-state index contributed by atoms with van der Waals surface area (Å²) in [5.74, 6) is 6.95. The maximum absolute atomic E-state index is 11.2. The molecule has 0 aromatic heterocycles. The zero-order valence-corrected chi connectivity index (χ0v) is 19.5. The minimum Gasteiger partial charge on any atom is -0.496 e. The van der Waals surface area contributed by atoms with Gasteiger partial charge in [-0.25, -0.2) is 0 Å². The number of fused-ring (bicyclic) bond motifs is 1. The quantitative estimate of drug-likeness (QED) is 0.602. The molecule has 0 bridgehead atoms. The molecule has 1 saturated carbocycles. The van der Waals surface area contributed by atoms with Crippen molar-refractivity contribution in [3.8, 4) is 17.6 Å². The number of ether oxygens (including phenoxy) is 1. The molecule has 2 aliphatic rings. The summed E-state index contributed by atoms with van der Waals surface area (Å²) in [5.41, 5.74) is 5.29. The number of methoxy groups -OCH3 is 1. The highest BCUT2D eigenvalue weighted by Crippen LogP contribution is 2.46. The van der Waals surface area contributed by atoms with Crippen LogP contribution in [0, 0.1) is 17.8 Å². The summed E-state index contributed by atoms with van der Waals surface area (Å²) in [6.45, 7) is 7.40. The summed E-state index contributed by atoms with van der Waals surface area (Å²) >= 11 is 0. The van der Waals surface area contributed by atoms with E-state index >= 15 is 0 Å². The van der Waals surface area contributed by atoms with Crippen LogP contribution in [0.25, 0.3) is 0 Å². The molecule has 2 N–H and O–H groups in total. The molecule has 2 atom stereocenters. The van der Waals surface area contributed by atoms with Gasteiger partial charge in [0.1, 0.15) is 5.75 Å². The van der Waals surface area contributed by atoms with Crippen molar-refractivity contribution >= 4 is 5.97 Å². The van der Waals surface area contributed by atoms with E-state index in [9.17, 15) is 9.90 Å². The van der Waals surface area contributed by atoms with Crippen LogP contribution < -0.4 is 10.1 Å². The molecule has 2 aliphatic carbocycles. The molecule has 0 aliphatic heterocycles. The Balaban J connectivity index is 1.63. The van der Waals surface area contributed by atoms with Gasteiger partial charge < -0.3 is 15.2 Å². The van der Waals surface area contributed by atoms with Gasteiger partial charge >= 0.3 is 5.97 Å². The first-order valence-electron chi connectivity index (χ1n) is 11.6. The highest BCUT2D eigenvalue weighted by Gasteiger charge is 2.36. The van der Waals surface area contributed by atoms with Crippen molar-refractivity contribution < 1.29 is 14.6 Å². The maximum atomic E-state index is 11.2. The fourth-order valence-electron chi connectivity index (χ4n) is 4.55. The van der Waals surface area contributed by atoms with E-state index in [2.05, 4.69) is 43.1 Å². The van der Waals surface area contributed by atoms with Gasteiger partial charge in [-0.2, -0.15) is 0 Å².